The second kappa shape index (κ2) is 7.67. The monoisotopic (exact) mass is 395 g/mol. The van der Waals surface area contributed by atoms with Gasteiger partial charge >= 0.3 is 0 Å². The van der Waals surface area contributed by atoms with Gasteiger partial charge in [0.25, 0.3) is 0 Å². The predicted octanol–water partition coefficient (Wildman–Crippen LogP) is 2.19. The van der Waals surface area contributed by atoms with Crippen LogP contribution in [0, 0.1) is 17.2 Å². The first-order valence-electron chi connectivity index (χ1n) is 9.12. The Balaban J connectivity index is 1.69. The molecule has 26 heavy (non-hydrogen) atoms. The van der Waals surface area contributed by atoms with E-state index in [-0.39, 0.29) is 30.0 Å². The van der Waals surface area contributed by atoms with Gasteiger partial charge in [-0.3, -0.25) is 9.69 Å². The highest BCUT2D eigenvalue weighted by Gasteiger charge is 2.32. The summed E-state index contributed by atoms with van der Waals surface area (Å²) in [4.78, 5) is 15.7. The lowest BCUT2D eigenvalue weighted by molar-refractivity contribution is -0.117. The summed E-state index contributed by atoms with van der Waals surface area (Å²) in [6.45, 7) is 4.92. The maximum Gasteiger partial charge on any atom is 0.239 e. The van der Waals surface area contributed by atoms with Gasteiger partial charge in [-0.1, -0.05) is 13.8 Å². The zero-order chi connectivity index (χ0) is 18.9. The van der Waals surface area contributed by atoms with Crippen molar-refractivity contribution in [2.24, 2.45) is 5.92 Å². The van der Waals surface area contributed by atoms with Crippen LogP contribution >= 0.6 is 11.3 Å². The van der Waals surface area contributed by atoms with Crippen molar-refractivity contribution in [1.82, 2.24) is 4.90 Å². The Morgan fingerprint density at radius 3 is 2.81 bits per heavy atom. The number of anilines is 1. The summed E-state index contributed by atoms with van der Waals surface area (Å²) in [7, 11) is -2.98. The van der Waals surface area contributed by atoms with Crippen molar-refractivity contribution in [3.05, 3.63) is 16.0 Å². The van der Waals surface area contributed by atoms with Crippen LogP contribution in [0.15, 0.2) is 0 Å². The van der Waals surface area contributed by atoms with Gasteiger partial charge in [0.2, 0.25) is 5.91 Å². The van der Waals surface area contributed by atoms with E-state index < -0.39 is 9.84 Å². The Morgan fingerprint density at radius 2 is 2.19 bits per heavy atom. The third kappa shape index (κ3) is 4.11. The van der Waals surface area contributed by atoms with Crippen molar-refractivity contribution >= 4 is 32.1 Å². The van der Waals surface area contributed by atoms with Gasteiger partial charge in [-0.15, -0.1) is 11.3 Å². The average Bonchev–Trinajstić information content (AvgIpc) is 3.11. The van der Waals surface area contributed by atoms with Crippen LogP contribution in [0.1, 0.15) is 42.7 Å². The van der Waals surface area contributed by atoms with Crippen molar-refractivity contribution in [2.45, 2.75) is 45.6 Å². The highest BCUT2D eigenvalue weighted by Crippen LogP contribution is 2.39. The molecule has 0 spiro atoms. The zero-order valence-electron chi connectivity index (χ0n) is 15.2. The molecule has 3 rings (SSSR count). The standard InChI is InChI=1S/C18H25N3O3S2/c1-3-21(13-6-7-26(23,24)11-13)10-17(22)20-18-15(9-19)14-5-4-12(2)8-16(14)25-18/h12-13H,3-8,10-11H2,1-2H3,(H,20,22)/t12-,13-/m1/s1. The molecule has 8 heteroatoms. The quantitative estimate of drug-likeness (QED) is 0.825. The summed E-state index contributed by atoms with van der Waals surface area (Å²) < 4.78 is 23.4. The molecule has 1 aliphatic carbocycles. The molecule has 0 radical (unpaired) electrons. The summed E-state index contributed by atoms with van der Waals surface area (Å²) in [5.74, 6) is 0.753. The van der Waals surface area contributed by atoms with Crippen molar-refractivity contribution in [3.63, 3.8) is 0 Å². The van der Waals surface area contributed by atoms with Gasteiger partial charge in [0, 0.05) is 10.9 Å². The number of fused-ring (bicyclic) bond motifs is 1. The topological polar surface area (TPSA) is 90.3 Å². The number of hydrogen-bond acceptors (Lipinski definition) is 6. The van der Waals surface area contributed by atoms with Crippen molar-refractivity contribution in [2.75, 3.05) is 29.9 Å². The Hall–Kier alpha value is -1.43. The van der Waals surface area contributed by atoms with Crippen LogP contribution in [0.25, 0.3) is 0 Å². The Bertz CT molecular complexity index is 839. The Kier molecular flexibility index (Phi) is 5.70. The van der Waals surface area contributed by atoms with Gasteiger partial charge in [-0.25, -0.2) is 8.42 Å². The molecule has 142 valence electrons. The van der Waals surface area contributed by atoms with Crippen LogP contribution in [0.3, 0.4) is 0 Å². The van der Waals surface area contributed by atoms with Crippen LogP contribution in [-0.4, -0.2) is 49.9 Å². The molecule has 1 aromatic rings. The van der Waals surface area contributed by atoms with Gasteiger partial charge < -0.3 is 5.32 Å². The summed E-state index contributed by atoms with van der Waals surface area (Å²) >= 11 is 1.52. The minimum Gasteiger partial charge on any atom is -0.315 e. The first-order valence-corrected chi connectivity index (χ1v) is 11.8. The van der Waals surface area contributed by atoms with Gasteiger partial charge in [-0.2, -0.15) is 5.26 Å². The molecule has 1 aromatic heterocycles. The van der Waals surface area contributed by atoms with Crippen LogP contribution in [0.5, 0.6) is 0 Å². The number of amides is 1. The average molecular weight is 396 g/mol. The molecule has 0 bridgehead atoms. The highest BCUT2D eigenvalue weighted by atomic mass is 32.2. The normalized spacial score (nSPS) is 24.2. The lowest BCUT2D eigenvalue weighted by Gasteiger charge is -2.25. The maximum atomic E-state index is 12.5. The molecule has 1 fully saturated rings. The van der Waals surface area contributed by atoms with E-state index in [1.54, 1.807) is 0 Å². The van der Waals surface area contributed by atoms with Crippen molar-refractivity contribution in [1.29, 1.82) is 5.26 Å². The van der Waals surface area contributed by atoms with E-state index in [1.807, 2.05) is 11.8 Å². The highest BCUT2D eigenvalue weighted by molar-refractivity contribution is 7.91. The fraction of sp³-hybridized carbons (Fsp3) is 0.667. The van der Waals surface area contributed by atoms with Crippen molar-refractivity contribution in [3.8, 4) is 6.07 Å². The molecule has 2 atom stereocenters. The van der Waals surface area contributed by atoms with Crippen LogP contribution < -0.4 is 5.32 Å². The predicted molar refractivity (Wildman–Crippen MR) is 103 cm³/mol. The minimum atomic E-state index is -2.98. The van der Waals surface area contributed by atoms with E-state index in [0.717, 1.165) is 24.8 Å². The summed E-state index contributed by atoms with van der Waals surface area (Å²) in [6.07, 6.45) is 3.52. The van der Waals surface area contributed by atoms with Gasteiger partial charge in [-0.05, 0) is 43.7 Å². The number of hydrogen-bond donors (Lipinski definition) is 1. The van der Waals surface area contributed by atoms with E-state index in [0.29, 0.717) is 29.4 Å². The molecular formula is C18H25N3O3S2. The molecule has 0 saturated carbocycles. The molecular weight excluding hydrogens is 370 g/mol. The van der Waals surface area contributed by atoms with E-state index in [9.17, 15) is 18.5 Å². The second-order valence-electron chi connectivity index (χ2n) is 7.34. The first kappa shape index (κ1) is 19.3. The van der Waals surface area contributed by atoms with Crippen LogP contribution in [-0.2, 0) is 27.5 Å². The first-order chi connectivity index (χ1) is 12.3. The number of likely N-dealkylation sites (N-methyl/N-ethyl adjacent to an activating group) is 1. The number of nitriles is 1. The Labute approximate surface area is 159 Å². The molecule has 1 N–H and O–H groups in total. The molecule has 0 unspecified atom stereocenters. The third-order valence-corrected chi connectivity index (χ3v) is 8.27. The number of sulfone groups is 1. The fourth-order valence-corrected chi connectivity index (χ4v) is 7.01. The van der Waals surface area contributed by atoms with E-state index in [4.69, 9.17) is 0 Å². The SMILES string of the molecule is CCN(CC(=O)Nc1sc2c(c1C#N)CC[C@@H](C)C2)[C@@H]1CCS(=O)(=O)C1. The number of rotatable bonds is 5. The van der Waals surface area contributed by atoms with Crippen LogP contribution in [0.4, 0.5) is 5.00 Å². The lowest BCUT2D eigenvalue weighted by Crippen LogP contribution is -2.41. The molecule has 6 nitrogen and oxygen atoms in total. The molecule has 1 aliphatic heterocycles. The number of nitrogens with zero attached hydrogens (tertiary/aromatic N) is 2. The zero-order valence-corrected chi connectivity index (χ0v) is 16.9. The van der Waals surface area contributed by atoms with E-state index in [1.165, 1.54) is 16.2 Å². The van der Waals surface area contributed by atoms with Crippen LogP contribution in [0.2, 0.25) is 0 Å². The number of nitrogens with one attached hydrogen (secondary N) is 1. The second-order valence-corrected chi connectivity index (χ2v) is 10.7. The largest absolute Gasteiger partial charge is 0.315 e. The molecule has 1 saturated heterocycles. The minimum absolute atomic E-state index is 0.0939. The molecule has 2 heterocycles. The van der Waals surface area contributed by atoms with Gasteiger partial charge in [0.05, 0.1) is 23.6 Å². The van der Waals surface area contributed by atoms with Gasteiger partial charge in [0.1, 0.15) is 11.1 Å². The maximum absolute atomic E-state index is 12.5. The van der Waals surface area contributed by atoms with Crippen molar-refractivity contribution < 1.29 is 13.2 Å². The summed E-state index contributed by atoms with van der Waals surface area (Å²) in [6, 6.07) is 2.17. The number of carbonyl (C=O) groups is 1. The van der Waals surface area contributed by atoms with E-state index in [2.05, 4.69) is 18.3 Å². The van der Waals surface area contributed by atoms with Gasteiger partial charge in [0.15, 0.2) is 9.84 Å². The molecule has 1 amide bonds. The molecule has 2 aliphatic rings. The number of carbonyl (C=O) groups excluding carboxylic acids is 1. The summed E-state index contributed by atoms with van der Waals surface area (Å²) in [5.41, 5.74) is 1.71. The van der Waals surface area contributed by atoms with E-state index >= 15 is 0 Å². The molecule has 0 aromatic carbocycles. The Morgan fingerprint density at radius 1 is 1.42 bits per heavy atom. The third-order valence-electron chi connectivity index (χ3n) is 5.35. The fourth-order valence-electron chi connectivity index (χ4n) is 3.87. The smallest absolute Gasteiger partial charge is 0.239 e. The summed E-state index contributed by atoms with van der Waals surface area (Å²) in [5, 5.41) is 13.1. The lowest BCUT2D eigenvalue weighted by atomic mass is 9.89. The number of thiophene rings is 1.